The number of fused-ring (bicyclic) bond motifs is 1. The lowest BCUT2D eigenvalue weighted by Crippen LogP contribution is -2.35. The van der Waals surface area contributed by atoms with Gasteiger partial charge >= 0.3 is 6.03 Å². The largest absolute Gasteiger partial charge is 0.398 e. The third kappa shape index (κ3) is 4.49. The Hall–Kier alpha value is -1.57. The highest BCUT2D eigenvalue weighted by Crippen LogP contribution is 2.29. The van der Waals surface area contributed by atoms with Crippen molar-refractivity contribution in [3.63, 3.8) is 0 Å². The van der Waals surface area contributed by atoms with Gasteiger partial charge in [-0.05, 0) is 31.3 Å². The zero-order valence-electron chi connectivity index (χ0n) is 13.6. The predicted octanol–water partition coefficient (Wildman–Crippen LogP) is 4.18. The van der Waals surface area contributed by atoms with Gasteiger partial charge in [-0.2, -0.15) is 0 Å². The van der Waals surface area contributed by atoms with Crippen molar-refractivity contribution in [3.8, 4) is 0 Å². The number of carbonyl (C=O) groups excluding carboxylic acids is 1. The molecule has 0 spiro atoms. The van der Waals surface area contributed by atoms with E-state index in [4.69, 9.17) is 5.73 Å². The van der Waals surface area contributed by atoms with E-state index in [1.54, 1.807) is 11.9 Å². The van der Waals surface area contributed by atoms with Crippen molar-refractivity contribution in [2.75, 3.05) is 25.1 Å². The Bertz CT molecular complexity index is 716. The first-order valence-electron chi connectivity index (χ1n) is 7.41. The molecule has 0 saturated carbocycles. The lowest BCUT2D eigenvalue weighted by atomic mass is 10.1. The van der Waals surface area contributed by atoms with E-state index < -0.39 is 0 Å². The number of halogens is 2. The molecule has 0 radical (unpaired) electrons. The Kier molecular flexibility index (Phi) is 6.65. The summed E-state index contributed by atoms with van der Waals surface area (Å²) in [5.74, 6) is 0. The molecule has 0 bridgehead atoms. The number of hydrogen-bond acceptors (Lipinski definition) is 3. The van der Waals surface area contributed by atoms with Crippen LogP contribution in [0, 0.1) is 0 Å². The number of rotatable bonds is 2. The van der Waals surface area contributed by atoms with Gasteiger partial charge in [-0.15, -0.1) is 0 Å². The van der Waals surface area contributed by atoms with E-state index >= 15 is 0 Å². The van der Waals surface area contributed by atoms with Gasteiger partial charge in [-0.3, -0.25) is 0 Å². The Morgan fingerprint density at radius 3 is 2.54 bits per heavy atom. The summed E-state index contributed by atoms with van der Waals surface area (Å²) >= 11 is 6.88. The number of carbonyl (C=O) groups is 1. The lowest BCUT2D eigenvalue weighted by molar-refractivity contribution is 0.218. The molecule has 0 aliphatic carbocycles. The standard InChI is InChI=1S/C9H9BrN2O.C8H11BrN2/c1-12-5-6-7(10)3-2-4-8(6)11-9(12)13;1-11-5-6-7(9)3-2-4-8(6)10/h2-4H,5H2,1H3,(H,11,13);2-4,11H,5,10H2,1H3. The van der Waals surface area contributed by atoms with Gasteiger partial charge in [-0.1, -0.05) is 44.0 Å². The first kappa shape index (κ1) is 18.8. The number of nitrogens with one attached hydrogen (secondary N) is 2. The molecule has 1 aliphatic heterocycles. The number of nitrogens with zero attached hydrogens (tertiary/aromatic N) is 1. The number of anilines is 2. The van der Waals surface area contributed by atoms with Gasteiger partial charge in [0.05, 0.1) is 6.54 Å². The molecule has 0 saturated heterocycles. The fraction of sp³-hybridized carbons (Fsp3) is 0.235. The summed E-state index contributed by atoms with van der Waals surface area (Å²) in [5.41, 5.74) is 9.72. The minimum Gasteiger partial charge on any atom is -0.398 e. The molecular weight excluding hydrogens is 436 g/mol. The van der Waals surface area contributed by atoms with Gasteiger partial charge in [0.25, 0.3) is 0 Å². The smallest absolute Gasteiger partial charge is 0.321 e. The van der Waals surface area contributed by atoms with Crippen LogP contribution in [-0.4, -0.2) is 25.0 Å². The molecule has 24 heavy (non-hydrogen) atoms. The van der Waals surface area contributed by atoms with Crippen LogP contribution in [0.1, 0.15) is 11.1 Å². The summed E-state index contributed by atoms with van der Waals surface area (Å²) in [6.45, 7) is 1.45. The number of hydrogen-bond donors (Lipinski definition) is 3. The third-order valence-corrected chi connectivity index (χ3v) is 5.10. The SMILES string of the molecule is CN1Cc2c(Br)cccc2NC1=O.CNCc1c(N)cccc1Br. The average Bonchev–Trinajstić information content (AvgIpc) is 2.54. The van der Waals surface area contributed by atoms with Gasteiger partial charge in [0.15, 0.2) is 0 Å². The van der Waals surface area contributed by atoms with Crippen molar-refractivity contribution >= 4 is 49.3 Å². The maximum atomic E-state index is 11.3. The summed E-state index contributed by atoms with van der Waals surface area (Å²) < 4.78 is 2.10. The molecule has 3 rings (SSSR count). The Labute approximate surface area is 158 Å². The second-order valence-electron chi connectivity index (χ2n) is 5.39. The van der Waals surface area contributed by atoms with E-state index in [1.807, 2.05) is 43.4 Å². The summed E-state index contributed by atoms with van der Waals surface area (Å²) in [4.78, 5) is 12.9. The molecule has 0 aromatic heterocycles. The first-order valence-corrected chi connectivity index (χ1v) is 8.99. The summed E-state index contributed by atoms with van der Waals surface area (Å²) in [5, 5.41) is 5.86. The predicted molar refractivity (Wildman–Crippen MR) is 106 cm³/mol. The number of benzene rings is 2. The van der Waals surface area contributed by atoms with Crippen molar-refractivity contribution < 1.29 is 4.79 Å². The van der Waals surface area contributed by atoms with Crippen LogP contribution >= 0.6 is 31.9 Å². The van der Waals surface area contributed by atoms with Crippen molar-refractivity contribution in [1.82, 2.24) is 10.2 Å². The minimum absolute atomic E-state index is 0.0504. The number of amides is 2. The minimum atomic E-state index is -0.0504. The fourth-order valence-electron chi connectivity index (χ4n) is 2.29. The van der Waals surface area contributed by atoms with Crippen LogP contribution in [0.15, 0.2) is 45.3 Å². The summed E-state index contributed by atoms with van der Waals surface area (Å²) in [7, 11) is 3.68. The van der Waals surface area contributed by atoms with E-state index in [0.717, 1.165) is 38.0 Å². The number of urea groups is 1. The molecule has 2 amide bonds. The Morgan fingerprint density at radius 1 is 1.21 bits per heavy atom. The normalized spacial score (nSPS) is 12.8. The number of nitrogens with two attached hydrogens (primary N) is 1. The van der Waals surface area contributed by atoms with E-state index in [9.17, 15) is 4.79 Å². The van der Waals surface area contributed by atoms with Crippen LogP contribution < -0.4 is 16.4 Å². The van der Waals surface area contributed by atoms with E-state index in [1.165, 1.54) is 0 Å². The maximum absolute atomic E-state index is 11.3. The monoisotopic (exact) mass is 454 g/mol. The third-order valence-electron chi connectivity index (χ3n) is 3.61. The molecule has 1 aliphatic rings. The van der Waals surface area contributed by atoms with E-state index in [-0.39, 0.29) is 6.03 Å². The van der Waals surface area contributed by atoms with Crippen LogP contribution in [0.4, 0.5) is 16.2 Å². The highest BCUT2D eigenvalue weighted by molar-refractivity contribution is 9.10. The molecule has 7 heteroatoms. The van der Waals surface area contributed by atoms with Crippen LogP contribution in [0.3, 0.4) is 0 Å². The van der Waals surface area contributed by atoms with Crippen molar-refractivity contribution in [2.24, 2.45) is 0 Å². The van der Waals surface area contributed by atoms with Crippen LogP contribution in [0.25, 0.3) is 0 Å². The Balaban J connectivity index is 0.000000177. The molecule has 0 unspecified atom stereocenters. The summed E-state index contributed by atoms with van der Waals surface area (Å²) in [6, 6.07) is 11.6. The maximum Gasteiger partial charge on any atom is 0.321 e. The van der Waals surface area contributed by atoms with Crippen molar-refractivity contribution in [3.05, 3.63) is 56.5 Å². The molecule has 1 heterocycles. The summed E-state index contributed by atoms with van der Waals surface area (Å²) in [6.07, 6.45) is 0. The topological polar surface area (TPSA) is 70.4 Å². The molecule has 5 nitrogen and oxygen atoms in total. The number of nitrogen functional groups attached to an aromatic ring is 1. The fourth-order valence-corrected chi connectivity index (χ4v) is 3.31. The zero-order chi connectivity index (χ0) is 17.7. The second kappa shape index (κ2) is 8.50. The Morgan fingerprint density at radius 2 is 1.88 bits per heavy atom. The molecule has 2 aromatic rings. The lowest BCUT2D eigenvalue weighted by Gasteiger charge is -2.26. The van der Waals surface area contributed by atoms with Crippen LogP contribution in [0.2, 0.25) is 0 Å². The second-order valence-corrected chi connectivity index (χ2v) is 7.10. The van der Waals surface area contributed by atoms with Crippen molar-refractivity contribution in [2.45, 2.75) is 13.1 Å². The highest BCUT2D eigenvalue weighted by Gasteiger charge is 2.20. The molecular formula is C17H20Br2N4O. The first-order chi connectivity index (χ1) is 11.4. The van der Waals surface area contributed by atoms with Crippen LogP contribution in [-0.2, 0) is 13.1 Å². The van der Waals surface area contributed by atoms with Gasteiger partial charge in [0, 0.05) is 45.0 Å². The van der Waals surface area contributed by atoms with Gasteiger partial charge in [-0.25, -0.2) is 4.79 Å². The highest BCUT2D eigenvalue weighted by atomic mass is 79.9. The molecule has 0 fully saturated rings. The van der Waals surface area contributed by atoms with E-state index in [0.29, 0.717) is 6.54 Å². The molecule has 4 N–H and O–H groups in total. The van der Waals surface area contributed by atoms with Gasteiger partial charge in [0.2, 0.25) is 0 Å². The van der Waals surface area contributed by atoms with Crippen LogP contribution in [0.5, 0.6) is 0 Å². The quantitative estimate of drug-likeness (QED) is 0.595. The average molecular weight is 456 g/mol. The van der Waals surface area contributed by atoms with Gasteiger partial charge in [0.1, 0.15) is 0 Å². The zero-order valence-corrected chi connectivity index (χ0v) is 16.7. The van der Waals surface area contributed by atoms with E-state index in [2.05, 4.69) is 42.5 Å². The van der Waals surface area contributed by atoms with Crippen molar-refractivity contribution in [1.29, 1.82) is 0 Å². The molecule has 2 aromatic carbocycles. The van der Waals surface area contributed by atoms with Gasteiger partial charge < -0.3 is 21.3 Å². The molecule has 0 atom stereocenters. The molecule has 128 valence electrons.